The van der Waals surface area contributed by atoms with Crippen LogP contribution in [-0.4, -0.2) is 41.1 Å². The van der Waals surface area contributed by atoms with Crippen molar-refractivity contribution in [1.82, 2.24) is 15.5 Å². The molecular weight excluding hydrogens is 198 g/mol. The van der Waals surface area contributed by atoms with Crippen LogP contribution in [0.3, 0.4) is 0 Å². The van der Waals surface area contributed by atoms with E-state index in [1.165, 1.54) is 0 Å². The summed E-state index contributed by atoms with van der Waals surface area (Å²) < 4.78 is 0. The molecule has 2 N–H and O–H groups in total. The highest BCUT2D eigenvalue weighted by molar-refractivity contribution is 7.80. The number of amides is 1. The third-order valence-electron chi connectivity index (χ3n) is 2.90. The summed E-state index contributed by atoms with van der Waals surface area (Å²) in [4.78, 5) is 14.0. The second-order valence-electron chi connectivity index (χ2n) is 4.02. The van der Waals surface area contributed by atoms with Crippen LogP contribution in [0.5, 0.6) is 0 Å². The molecule has 2 heterocycles. The lowest BCUT2D eigenvalue weighted by Crippen LogP contribution is -2.49. The van der Waals surface area contributed by atoms with Gasteiger partial charge in [0, 0.05) is 13.1 Å². The zero-order valence-corrected chi connectivity index (χ0v) is 9.12. The molecule has 2 saturated heterocycles. The first kappa shape index (κ1) is 9.86. The van der Waals surface area contributed by atoms with Crippen LogP contribution in [0.25, 0.3) is 0 Å². The fourth-order valence-corrected chi connectivity index (χ4v) is 2.50. The Labute approximate surface area is 89.0 Å². The van der Waals surface area contributed by atoms with Crippen LogP contribution in [0.1, 0.15) is 19.8 Å². The van der Waals surface area contributed by atoms with Crippen molar-refractivity contribution in [3.05, 3.63) is 0 Å². The zero-order chi connectivity index (χ0) is 10.2. The summed E-state index contributed by atoms with van der Waals surface area (Å²) >= 11 is 4.95. The summed E-state index contributed by atoms with van der Waals surface area (Å²) in [5, 5.41) is 6.24. The summed E-state index contributed by atoms with van der Waals surface area (Å²) in [5.74, 6) is 0.0427. The lowest BCUT2D eigenvalue weighted by Gasteiger charge is -2.21. The molecule has 0 aliphatic carbocycles. The molecule has 0 aromatic carbocycles. The summed E-state index contributed by atoms with van der Waals surface area (Å²) in [6, 6.07) is 0. The lowest BCUT2D eigenvalue weighted by atomic mass is 10.00. The Morgan fingerprint density at radius 1 is 1.64 bits per heavy atom. The van der Waals surface area contributed by atoms with E-state index in [0.29, 0.717) is 5.11 Å². The predicted molar refractivity (Wildman–Crippen MR) is 58.0 cm³/mol. The van der Waals surface area contributed by atoms with Crippen LogP contribution in [0.15, 0.2) is 0 Å². The number of carbonyl (C=O) groups excluding carboxylic acids is 1. The Hall–Kier alpha value is -0.680. The predicted octanol–water partition coefficient (Wildman–Crippen LogP) is -0.155. The summed E-state index contributed by atoms with van der Waals surface area (Å²) in [5.41, 5.74) is -0.424. The molecule has 14 heavy (non-hydrogen) atoms. The first-order chi connectivity index (χ1) is 6.66. The SMILES string of the molecule is CCCN1CCC2(C1)NC(=S)NC2=O. The molecule has 0 aromatic rings. The van der Waals surface area contributed by atoms with Crippen LogP contribution in [0.4, 0.5) is 0 Å². The number of thiocarbonyl (C=S) groups is 1. The van der Waals surface area contributed by atoms with Crippen LogP contribution in [0, 0.1) is 0 Å². The van der Waals surface area contributed by atoms with Gasteiger partial charge in [0.15, 0.2) is 5.11 Å². The van der Waals surface area contributed by atoms with E-state index in [0.717, 1.165) is 32.5 Å². The fourth-order valence-electron chi connectivity index (χ4n) is 2.21. The fraction of sp³-hybridized carbons (Fsp3) is 0.778. The average molecular weight is 213 g/mol. The van der Waals surface area contributed by atoms with Crippen molar-refractivity contribution in [2.45, 2.75) is 25.3 Å². The molecule has 0 bridgehead atoms. The number of likely N-dealkylation sites (tertiary alicyclic amines) is 1. The molecule has 0 aromatic heterocycles. The van der Waals surface area contributed by atoms with Crippen LogP contribution < -0.4 is 10.6 Å². The second kappa shape index (κ2) is 3.47. The Bertz CT molecular complexity index is 281. The largest absolute Gasteiger partial charge is 0.347 e. The van der Waals surface area contributed by atoms with E-state index in [1.54, 1.807) is 0 Å². The molecule has 1 atom stereocenters. The van der Waals surface area contributed by atoms with Crippen LogP contribution in [-0.2, 0) is 4.79 Å². The van der Waals surface area contributed by atoms with E-state index >= 15 is 0 Å². The minimum absolute atomic E-state index is 0.0427. The van der Waals surface area contributed by atoms with E-state index in [4.69, 9.17) is 12.2 Å². The van der Waals surface area contributed by atoms with E-state index in [9.17, 15) is 4.79 Å². The van der Waals surface area contributed by atoms with Gasteiger partial charge in [-0.25, -0.2) is 0 Å². The molecule has 1 amide bonds. The van der Waals surface area contributed by atoms with Crippen molar-refractivity contribution in [3.8, 4) is 0 Å². The smallest absolute Gasteiger partial charge is 0.253 e. The number of rotatable bonds is 2. The molecular formula is C9H15N3OS. The van der Waals surface area contributed by atoms with Crippen molar-refractivity contribution in [3.63, 3.8) is 0 Å². The Kier molecular flexibility index (Phi) is 2.45. The molecule has 1 unspecified atom stereocenters. The van der Waals surface area contributed by atoms with E-state index < -0.39 is 5.54 Å². The van der Waals surface area contributed by atoms with Crippen molar-refractivity contribution in [2.75, 3.05) is 19.6 Å². The van der Waals surface area contributed by atoms with Crippen molar-refractivity contribution in [1.29, 1.82) is 0 Å². The van der Waals surface area contributed by atoms with Gasteiger partial charge in [0.2, 0.25) is 0 Å². The molecule has 1 spiro atoms. The molecule has 78 valence electrons. The lowest BCUT2D eigenvalue weighted by molar-refractivity contribution is -0.123. The minimum Gasteiger partial charge on any atom is -0.347 e. The van der Waals surface area contributed by atoms with Crippen LogP contribution in [0.2, 0.25) is 0 Å². The van der Waals surface area contributed by atoms with Gasteiger partial charge in [-0.2, -0.15) is 0 Å². The molecule has 2 rings (SSSR count). The normalized spacial score (nSPS) is 32.4. The highest BCUT2D eigenvalue weighted by Gasteiger charge is 2.48. The Morgan fingerprint density at radius 2 is 2.43 bits per heavy atom. The number of nitrogens with zero attached hydrogens (tertiary/aromatic N) is 1. The van der Waals surface area contributed by atoms with Crippen molar-refractivity contribution >= 4 is 23.2 Å². The van der Waals surface area contributed by atoms with Crippen LogP contribution >= 0.6 is 12.2 Å². The van der Waals surface area contributed by atoms with Gasteiger partial charge >= 0.3 is 0 Å². The number of hydrogen-bond donors (Lipinski definition) is 2. The Morgan fingerprint density at radius 3 is 3.00 bits per heavy atom. The topological polar surface area (TPSA) is 44.4 Å². The molecule has 2 aliphatic rings. The summed E-state index contributed by atoms with van der Waals surface area (Å²) in [6.45, 7) is 4.98. The van der Waals surface area contributed by atoms with Gasteiger partial charge in [0.1, 0.15) is 5.54 Å². The van der Waals surface area contributed by atoms with E-state index in [1.807, 2.05) is 0 Å². The number of carbonyl (C=O) groups is 1. The summed E-state index contributed by atoms with van der Waals surface area (Å²) in [6.07, 6.45) is 1.99. The minimum atomic E-state index is -0.424. The third-order valence-corrected chi connectivity index (χ3v) is 3.11. The maximum absolute atomic E-state index is 11.7. The van der Waals surface area contributed by atoms with Gasteiger partial charge in [-0.3, -0.25) is 4.79 Å². The molecule has 5 heteroatoms. The maximum atomic E-state index is 11.7. The maximum Gasteiger partial charge on any atom is 0.253 e. The summed E-state index contributed by atoms with van der Waals surface area (Å²) in [7, 11) is 0. The molecule has 2 aliphatic heterocycles. The van der Waals surface area contributed by atoms with Gasteiger partial charge < -0.3 is 15.5 Å². The number of nitrogens with one attached hydrogen (secondary N) is 2. The quantitative estimate of drug-likeness (QED) is 0.626. The van der Waals surface area contributed by atoms with Gasteiger partial charge in [-0.05, 0) is 31.6 Å². The van der Waals surface area contributed by atoms with Crippen molar-refractivity contribution < 1.29 is 4.79 Å². The second-order valence-corrected chi connectivity index (χ2v) is 4.42. The van der Waals surface area contributed by atoms with Gasteiger partial charge in [-0.1, -0.05) is 6.92 Å². The van der Waals surface area contributed by atoms with Gasteiger partial charge in [0.25, 0.3) is 5.91 Å². The molecule has 4 nitrogen and oxygen atoms in total. The van der Waals surface area contributed by atoms with E-state index in [-0.39, 0.29) is 5.91 Å². The third kappa shape index (κ3) is 1.50. The first-order valence-corrected chi connectivity index (χ1v) is 5.43. The first-order valence-electron chi connectivity index (χ1n) is 5.02. The molecule has 2 fully saturated rings. The number of hydrogen-bond acceptors (Lipinski definition) is 3. The van der Waals surface area contributed by atoms with Gasteiger partial charge in [-0.15, -0.1) is 0 Å². The zero-order valence-electron chi connectivity index (χ0n) is 8.30. The highest BCUT2D eigenvalue weighted by atomic mass is 32.1. The molecule has 0 radical (unpaired) electrons. The standard InChI is InChI=1S/C9H15N3OS/c1-2-4-12-5-3-9(6-12)7(13)10-8(14)11-9/h2-6H2,1H3,(H2,10,11,13,14). The van der Waals surface area contributed by atoms with Gasteiger partial charge in [0.05, 0.1) is 0 Å². The van der Waals surface area contributed by atoms with E-state index in [2.05, 4.69) is 22.5 Å². The van der Waals surface area contributed by atoms with Crippen molar-refractivity contribution in [2.24, 2.45) is 0 Å². The molecule has 0 saturated carbocycles. The Balaban J connectivity index is 2.05. The average Bonchev–Trinajstić information content (AvgIpc) is 2.61. The highest BCUT2D eigenvalue weighted by Crippen LogP contribution is 2.24. The monoisotopic (exact) mass is 213 g/mol.